The number of phenols is 1. The second-order valence-corrected chi connectivity index (χ2v) is 5.90. The van der Waals surface area contributed by atoms with Crippen LogP contribution in [-0.2, 0) is 0 Å². The van der Waals surface area contributed by atoms with Gasteiger partial charge in [-0.05, 0) is 48.2 Å². The number of hydrogen-bond donors (Lipinski definition) is 2. The Bertz CT molecular complexity index is 771. The monoisotopic (exact) mass is 342 g/mol. The molecule has 106 valence electrons. The molecule has 4 heteroatoms. The van der Waals surface area contributed by atoms with Gasteiger partial charge < -0.3 is 10.4 Å². The number of aromatic hydroxyl groups is 1. The van der Waals surface area contributed by atoms with Gasteiger partial charge in [0.05, 0.1) is 0 Å². The molecule has 0 spiro atoms. The molecule has 3 nitrogen and oxygen atoms in total. The van der Waals surface area contributed by atoms with E-state index in [9.17, 15) is 5.11 Å². The average molecular weight is 343 g/mol. The van der Waals surface area contributed by atoms with Gasteiger partial charge in [-0.25, -0.2) is 4.98 Å². The zero-order valence-electron chi connectivity index (χ0n) is 11.5. The van der Waals surface area contributed by atoms with Gasteiger partial charge in [0, 0.05) is 22.1 Å². The van der Waals surface area contributed by atoms with Crippen LogP contribution in [0.5, 0.6) is 5.75 Å². The summed E-state index contributed by atoms with van der Waals surface area (Å²) in [5, 5.41) is 15.1. The summed E-state index contributed by atoms with van der Waals surface area (Å²) in [6.45, 7) is 2.09. The van der Waals surface area contributed by atoms with E-state index in [0.29, 0.717) is 0 Å². The van der Waals surface area contributed by atoms with Crippen LogP contribution in [0.2, 0.25) is 0 Å². The van der Waals surface area contributed by atoms with Crippen molar-refractivity contribution >= 4 is 32.5 Å². The fourth-order valence-electron chi connectivity index (χ4n) is 2.31. The summed E-state index contributed by atoms with van der Waals surface area (Å²) < 4.78 is 1.06. The highest BCUT2D eigenvalue weighted by Gasteiger charge is 2.09. The largest absolute Gasteiger partial charge is 0.508 e. The number of nitrogens with one attached hydrogen (secondary N) is 1. The number of benzene rings is 2. The number of aromatic nitrogens is 1. The van der Waals surface area contributed by atoms with Crippen LogP contribution in [0.3, 0.4) is 0 Å². The van der Waals surface area contributed by atoms with Crippen molar-refractivity contribution in [1.29, 1.82) is 0 Å². The lowest BCUT2D eigenvalue weighted by atomic mass is 10.1. The minimum atomic E-state index is 0.124. The Morgan fingerprint density at radius 3 is 2.62 bits per heavy atom. The Balaban J connectivity index is 1.94. The van der Waals surface area contributed by atoms with E-state index in [1.807, 2.05) is 24.3 Å². The molecule has 2 aromatic carbocycles. The molecule has 1 heterocycles. The van der Waals surface area contributed by atoms with Gasteiger partial charge in [-0.15, -0.1) is 0 Å². The van der Waals surface area contributed by atoms with Gasteiger partial charge in [-0.2, -0.15) is 0 Å². The molecule has 3 rings (SSSR count). The molecule has 0 fully saturated rings. The highest BCUT2D eigenvalue weighted by atomic mass is 79.9. The van der Waals surface area contributed by atoms with Crippen molar-refractivity contribution in [3.8, 4) is 5.75 Å². The maximum absolute atomic E-state index is 9.68. The van der Waals surface area contributed by atoms with Crippen molar-refractivity contribution in [1.82, 2.24) is 4.98 Å². The molecule has 0 saturated carbocycles. The normalized spacial score (nSPS) is 12.3. The highest BCUT2D eigenvalue weighted by molar-refractivity contribution is 9.10. The number of nitrogens with zero attached hydrogens (tertiary/aromatic N) is 1. The zero-order chi connectivity index (χ0) is 14.8. The van der Waals surface area contributed by atoms with Crippen LogP contribution in [-0.4, -0.2) is 10.1 Å². The Kier molecular flexibility index (Phi) is 3.80. The van der Waals surface area contributed by atoms with Crippen molar-refractivity contribution in [2.45, 2.75) is 13.0 Å². The fourth-order valence-corrected chi connectivity index (χ4v) is 2.58. The Labute approximate surface area is 131 Å². The van der Waals surface area contributed by atoms with Crippen LogP contribution in [0.25, 0.3) is 10.8 Å². The van der Waals surface area contributed by atoms with E-state index in [-0.39, 0.29) is 11.8 Å². The molecule has 2 N–H and O–H groups in total. The van der Waals surface area contributed by atoms with E-state index in [4.69, 9.17) is 0 Å². The number of pyridine rings is 1. The number of phenolic OH excluding ortho intramolecular Hbond substituents is 1. The SMILES string of the molecule is CC(Nc1nccc2ccc(O)cc12)c1ccc(Br)cc1. The third-order valence-electron chi connectivity index (χ3n) is 3.47. The molecule has 0 aliphatic carbocycles. The van der Waals surface area contributed by atoms with Gasteiger partial charge in [-0.1, -0.05) is 34.1 Å². The number of rotatable bonds is 3. The van der Waals surface area contributed by atoms with Crippen LogP contribution in [0.4, 0.5) is 5.82 Å². The number of anilines is 1. The number of halogens is 1. The molecule has 1 aromatic heterocycles. The summed E-state index contributed by atoms with van der Waals surface area (Å²) in [4.78, 5) is 4.40. The summed E-state index contributed by atoms with van der Waals surface area (Å²) >= 11 is 3.44. The second-order valence-electron chi connectivity index (χ2n) is 4.98. The van der Waals surface area contributed by atoms with Crippen LogP contribution >= 0.6 is 15.9 Å². The maximum Gasteiger partial charge on any atom is 0.134 e. The maximum atomic E-state index is 9.68. The minimum Gasteiger partial charge on any atom is -0.508 e. The predicted octanol–water partition coefficient (Wildman–Crippen LogP) is 4.88. The van der Waals surface area contributed by atoms with E-state index >= 15 is 0 Å². The van der Waals surface area contributed by atoms with Crippen LogP contribution in [0, 0.1) is 0 Å². The molecule has 3 aromatic rings. The summed E-state index contributed by atoms with van der Waals surface area (Å²) in [6.07, 6.45) is 1.77. The van der Waals surface area contributed by atoms with Gasteiger partial charge in [0.15, 0.2) is 0 Å². The Hall–Kier alpha value is -2.07. The summed E-state index contributed by atoms with van der Waals surface area (Å²) in [5.74, 6) is 1.02. The van der Waals surface area contributed by atoms with Crippen molar-refractivity contribution in [2.24, 2.45) is 0 Å². The average Bonchev–Trinajstić information content (AvgIpc) is 2.48. The molecule has 0 aliphatic rings. The second kappa shape index (κ2) is 5.74. The lowest BCUT2D eigenvalue weighted by molar-refractivity contribution is 0.476. The van der Waals surface area contributed by atoms with E-state index in [1.54, 1.807) is 18.3 Å². The van der Waals surface area contributed by atoms with E-state index in [2.05, 4.69) is 45.3 Å². The first-order chi connectivity index (χ1) is 10.1. The predicted molar refractivity (Wildman–Crippen MR) is 89.6 cm³/mol. The fraction of sp³-hybridized carbons (Fsp3) is 0.118. The summed E-state index contributed by atoms with van der Waals surface area (Å²) in [5.41, 5.74) is 1.18. The first kappa shape index (κ1) is 13.9. The third-order valence-corrected chi connectivity index (χ3v) is 4.00. The molecule has 21 heavy (non-hydrogen) atoms. The van der Waals surface area contributed by atoms with Crippen LogP contribution in [0.15, 0.2) is 59.2 Å². The molecular weight excluding hydrogens is 328 g/mol. The van der Waals surface area contributed by atoms with Crippen LogP contribution < -0.4 is 5.32 Å². The lowest BCUT2D eigenvalue weighted by Crippen LogP contribution is -2.08. The molecule has 0 amide bonds. The van der Waals surface area contributed by atoms with Crippen molar-refractivity contribution in [3.05, 3.63) is 64.8 Å². The van der Waals surface area contributed by atoms with Gasteiger partial charge >= 0.3 is 0 Å². The van der Waals surface area contributed by atoms with Gasteiger partial charge in [0.25, 0.3) is 0 Å². The Morgan fingerprint density at radius 1 is 1.10 bits per heavy atom. The number of fused-ring (bicyclic) bond motifs is 1. The third kappa shape index (κ3) is 3.00. The molecule has 0 bridgehead atoms. The molecule has 0 radical (unpaired) electrons. The van der Waals surface area contributed by atoms with Crippen molar-refractivity contribution < 1.29 is 5.11 Å². The highest BCUT2D eigenvalue weighted by Crippen LogP contribution is 2.28. The standard InChI is InChI=1S/C17H15BrN2O/c1-11(12-2-5-14(18)6-3-12)20-17-16-10-15(21)7-4-13(16)8-9-19-17/h2-11,21H,1H3,(H,19,20). The molecule has 0 aliphatic heterocycles. The minimum absolute atomic E-state index is 0.124. The topological polar surface area (TPSA) is 45.2 Å². The molecular formula is C17H15BrN2O. The molecule has 1 atom stereocenters. The summed E-state index contributed by atoms with van der Waals surface area (Å²) in [7, 11) is 0. The first-order valence-corrected chi connectivity index (χ1v) is 7.52. The zero-order valence-corrected chi connectivity index (χ0v) is 13.1. The Morgan fingerprint density at radius 2 is 1.86 bits per heavy atom. The lowest BCUT2D eigenvalue weighted by Gasteiger charge is -2.16. The van der Waals surface area contributed by atoms with E-state index < -0.39 is 0 Å². The first-order valence-electron chi connectivity index (χ1n) is 6.73. The molecule has 0 saturated heterocycles. The van der Waals surface area contributed by atoms with Gasteiger partial charge in [0.1, 0.15) is 11.6 Å². The van der Waals surface area contributed by atoms with Gasteiger partial charge in [-0.3, -0.25) is 0 Å². The quantitative estimate of drug-likeness (QED) is 0.713. The van der Waals surface area contributed by atoms with E-state index in [0.717, 1.165) is 21.1 Å². The number of hydrogen-bond acceptors (Lipinski definition) is 3. The van der Waals surface area contributed by atoms with Crippen molar-refractivity contribution in [2.75, 3.05) is 5.32 Å². The van der Waals surface area contributed by atoms with E-state index in [1.165, 1.54) is 5.56 Å². The smallest absolute Gasteiger partial charge is 0.134 e. The van der Waals surface area contributed by atoms with Crippen LogP contribution in [0.1, 0.15) is 18.5 Å². The summed E-state index contributed by atoms with van der Waals surface area (Å²) in [6, 6.07) is 15.6. The van der Waals surface area contributed by atoms with Crippen molar-refractivity contribution in [3.63, 3.8) is 0 Å². The van der Waals surface area contributed by atoms with Gasteiger partial charge in [0.2, 0.25) is 0 Å². The molecule has 1 unspecified atom stereocenters.